The highest BCUT2D eigenvalue weighted by Gasteiger charge is 2.22. The highest BCUT2D eigenvalue weighted by molar-refractivity contribution is 5.67. The number of halogens is 3. The van der Waals surface area contributed by atoms with Crippen LogP contribution in [0.1, 0.15) is 72.3 Å². The first-order valence-electron chi connectivity index (χ1n) is 12.6. The van der Waals surface area contributed by atoms with Gasteiger partial charge in [-0.2, -0.15) is 0 Å². The van der Waals surface area contributed by atoms with Gasteiger partial charge in [-0.1, -0.05) is 49.2 Å². The number of nitrogens with one attached hydrogen (secondary N) is 1. The normalized spacial score (nSPS) is 13.0. The van der Waals surface area contributed by atoms with E-state index in [4.69, 9.17) is 4.74 Å². The topological polar surface area (TPSA) is 78.8 Å². The summed E-state index contributed by atoms with van der Waals surface area (Å²) in [6.45, 7) is 7.77. The Labute approximate surface area is 221 Å². The number of carboxylic acid groups (broad SMARTS) is 1. The largest absolute Gasteiger partial charge is 0.489 e. The Bertz CT molecular complexity index is 1260. The fourth-order valence-corrected chi connectivity index (χ4v) is 4.53. The van der Waals surface area contributed by atoms with Crippen molar-refractivity contribution in [2.45, 2.75) is 65.8 Å². The second kappa shape index (κ2) is 12.9. The number of benzene rings is 3. The third-order valence-corrected chi connectivity index (χ3v) is 6.20. The first-order valence-corrected chi connectivity index (χ1v) is 12.6. The molecule has 8 heteroatoms. The maximum absolute atomic E-state index is 14.1. The van der Waals surface area contributed by atoms with Crippen LogP contribution in [-0.4, -0.2) is 16.2 Å². The van der Waals surface area contributed by atoms with Crippen molar-refractivity contribution >= 4 is 5.97 Å². The van der Waals surface area contributed by atoms with Crippen molar-refractivity contribution in [3.8, 4) is 5.75 Å². The van der Waals surface area contributed by atoms with E-state index in [-0.39, 0.29) is 30.2 Å². The predicted octanol–water partition coefficient (Wildman–Crippen LogP) is 6.68. The van der Waals surface area contributed by atoms with Gasteiger partial charge in [0, 0.05) is 29.7 Å². The molecule has 0 radical (unpaired) electrons. The van der Waals surface area contributed by atoms with Crippen molar-refractivity contribution in [1.82, 2.24) is 5.32 Å². The smallest absolute Gasteiger partial charge is 0.303 e. The molecule has 0 amide bonds. The number of hydrogen-bond acceptors (Lipinski definition) is 4. The van der Waals surface area contributed by atoms with E-state index in [0.29, 0.717) is 23.1 Å². The van der Waals surface area contributed by atoms with Crippen LogP contribution in [0.2, 0.25) is 0 Å². The molecule has 5 nitrogen and oxygen atoms in total. The van der Waals surface area contributed by atoms with Gasteiger partial charge < -0.3 is 14.9 Å². The van der Waals surface area contributed by atoms with Gasteiger partial charge in [0.05, 0.1) is 0 Å². The Morgan fingerprint density at radius 1 is 0.974 bits per heavy atom. The van der Waals surface area contributed by atoms with Crippen molar-refractivity contribution in [2.24, 2.45) is 5.92 Å². The number of carboxylic acids is 1. The van der Waals surface area contributed by atoms with E-state index in [1.165, 1.54) is 6.07 Å². The van der Waals surface area contributed by atoms with Crippen molar-refractivity contribution < 1.29 is 32.9 Å². The number of aliphatic hydroxyl groups excluding tert-OH is 1. The average Bonchev–Trinajstić information content (AvgIpc) is 2.82. The molecular weight excluding hydrogens is 495 g/mol. The molecule has 0 spiro atoms. The number of aliphatic hydroxyl groups is 1. The minimum atomic E-state index is -1.31. The second-order valence-corrected chi connectivity index (χ2v) is 10.1. The molecule has 0 heterocycles. The standard InChI is InChI=1S/C30H34F3NO4/c1-17(2)9-27(21-11-18(3)10-19(4)12-21)34-30(37)25-15-24(7-5-20(25)6-8-28(35)36)38-16-22-13-23(31)14-26(32)29(22)33/h5,7,10-15,17,27,30,34,37H,6,8-9,16H2,1-4H3,(H,35,36). The van der Waals surface area contributed by atoms with Gasteiger partial charge in [-0.05, 0) is 61.9 Å². The molecule has 0 aliphatic rings. The van der Waals surface area contributed by atoms with Crippen LogP contribution in [0.25, 0.3) is 0 Å². The molecular formula is C30H34F3NO4. The predicted molar refractivity (Wildman–Crippen MR) is 139 cm³/mol. The van der Waals surface area contributed by atoms with Gasteiger partial charge in [-0.3, -0.25) is 10.1 Å². The molecule has 3 aromatic carbocycles. The molecule has 2 atom stereocenters. The van der Waals surface area contributed by atoms with Crippen molar-refractivity contribution in [2.75, 3.05) is 0 Å². The quantitative estimate of drug-likeness (QED) is 0.180. The lowest BCUT2D eigenvalue weighted by Gasteiger charge is -2.27. The molecule has 38 heavy (non-hydrogen) atoms. The number of rotatable bonds is 12. The zero-order chi connectivity index (χ0) is 28.0. The number of carbonyl (C=O) groups is 1. The molecule has 0 aliphatic carbocycles. The summed E-state index contributed by atoms with van der Waals surface area (Å²) in [7, 11) is 0. The summed E-state index contributed by atoms with van der Waals surface area (Å²) in [5.74, 6) is -3.85. The molecule has 204 valence electrons. The van der Waals surface area contributed by atoms with Crippen LogP contribution in [0.3, 0.4) is 0 Å². The van der Waals surface area contributed by atoms with Crippen molar-refractivity contribution in [3.05, 3.63) is 99.4 Å². The second-order valence-electron chi connectivity index (χ2n) is 10.1. The minimum absolute atomic E-state index is 0.139. The summed E-state index contributed by atoms with van der Waals surface area (Å²) < 4.78 is 46.8. The summed E-state index contributed by atoms with van der Waals surface area (Å²) in [6, 6.07) is 12.1. The van der Waals surface area contributed by atoms with Crippen molar-refractivity contribution in [3.63, 3.8) is 0 Å². The summed E-state index contributed by atoms with van der Waals surface area (Å²) in [6.07, 6.45) is -0.396. The average molecular weight is 530 g/mol. The van der Waals surface area contributed by atoms with Crippen LogP contribution in [0.15, 0.2) is 48.5 Å². The molecule has 2 unspecified atom stereocenters. The van der Waals surface area contributed by atoms with Gasteiger partial charge in [0.15, 0.2) is 11.6 Å². The van der Waals surface area contributed by atoms with E-state index >= 15 is 0 Å². The third-order valence-electron chi connectivity index (χ3n) is 6.20. The van der Waals surface area contributed by atoms with E-state index in [2.05, 4.69) is 37.4 Å². The molecule has 3 aromatic rings. The number of aryl methyl sites for hydroxylation is 3. The van der Waals surface area contributed by atoms with Crippen LogP contribution in [0, 0.1) is 37.2 Å². The van der Waals surface area contributed by atoms with Gasteiger partial charge in [0.25, 0.3) is 0 Å². The summed E-state index contributed by atoms with van der Waals surface area (Å²) in [4.78, 5) is 11.2. The van der Waals surface area contributed by atoms with E-state index in [1.807, 2.05) is 13.8 Å². The minimum Gasteiger partial charge on any atom is -0.489 e. The number of hydrogen-bond donors (Lipinski definition) is 3. The summed E-state index contributed by atoms with van der Waals surface area (Å²) in [5.41, 5.74) is 3.95. The molecule has 3 rings (SSSR count). The summed E-state index contributed by atoms with van der Waals surface area (Å²) >= 11 is 0. The number of aliphatic carboxylic acids is 1. The first kappa shape index (κ1) is 29.2. The van der Waals surface area contributed by atoms with Crippen LogP contribution < -0.4 is 10.1 Å². The van der Waals surface area contributed by atoms with Crippen LogP contribution in [-0.2, 0) is 17.8 Å². The molecule has 3 N–H and O–H groups in total. The Morgan fingerprint density at radius 2 is 1.66 bits per heavy atom. The molecule has 0 fully saturated rings. The molecule has 0 saturated heterocycles. The van der Waals surface area contributed by atoms with E-state index in [9.17, 15) is 28.2 Å². The van der Waals surface area contributed by atoms with E-state index < -0.39 is 36.3 Å². The van der Waals surface area contributed by atoms with Crippen LogP contribution in [0.4, 0.5) is 13.2 Å². The highest BCUT2D eigenvalue weighted by Crippen LogP contribution is 2.30. The van der Waals surface area contributed by atoms with Crippen LogP contribution >= 0.6 is 0 Å². The van der Waals surface area contributed by atoms with Gasteiger partial charge in [0.2, 0.25) is 0 Å². The van der Waals surface area contributed by atoms with Crippen molar-refractivity contribution in [1.29, 1.82) is 0 Å². The van der Waals surface area contributed by atoms with Gasteiger partial charge in [0.1, 0.15) is 24.4 Å². The maximum Gasteiger partial charge on any atom is 0.303 e. The Kier molecular flexibility index (Phi) is 9.94. The van der Waals surface area contributed by atoms with Gasteiger partial charge >= 0.3 is 5.97 Å². The maximum atomic E-state index is 14.1. The highest BCUT2D eigenvalue weighted by atomic mass is 19.2. The lowest BCUT2D eigenvalue weighted by atomic mass is 9.93. The first-order chi connectivity index (χ1) is 17.9. The molecule has 0 aliphatic heterocycles. The monoisotopic (exact) mass is 529 g/mol. The Balaban J connectivity index is 1.90. The lowest BCUT2D eigenvalue weighted by Crippen LogP contribution is -2.28. The Morgan fingerprint density at radius 3 is 2.29 bits per heavy atom. The summed E-state index contributed by atoms with van der Waals surface area (Å²) in [5, 5.41) is 23.8. The van der Waals surface area contributed by atoms with E-state index in [0.717, 1.165) is 29.2 Å². The zero-order valence-electron chi connectivity index (χ0n) is 22.0. The molecule has 0 saturated carbocycles. The number of ether oxygens (including phenoxy) is 1. The lowest BCUT2D eigenvalue weighted by molar-refractivity contribution is -0.136. The van der Waals surface area contributed by atoms with Crippen LogP contribution in [0.5, 0.6) is 5.75 Å². The van der Waals surface area contributed by atoms with Gasteiger partial charge in [-0.25, -0.2) is 13.2 Å². The van der Waals surface area contributed by atoms with E-state index in [1.54, 1.807) is 12.1 Å². The fraction of sp³-hybridized carbons (Fsp3) is 0.367. The van der Waals surface area contributed by atoms with Gasteiger partial charge in [-0.15, -0.1) is 0 Å². The third kappa shape index (κ3) is 8.07. The Hall–Kier alpha value is -3.36. The SMILES string of the molecule is Cc1cc(C)cc(C(CC(C)C)NC(O)c2cc(OCc3cc(F)cc(F)c3F)ccc2CCC(=O)O)c1. The molecule has 0 bridgehead atoms. The molecule has 0 aromatic heterocycles. The zero-order valence-corrected chi connectivity index (χ0v) is 22.0. The fourth-order valence-electron chi connectivity index (χ4n) is 4.53.